The number of halogens is 2. The summed E-state index contributed by atoms with van der Waals surface area (Å²) < 4.78 is 34.7. The zero-order chi connectivity index (χ0) is 21.1. The molecule has 1 amide bonds. The van der Waals surface area contributed by atoms with Gasteiger partial charge < -0.3 is 14.4 Å². The summed E-state index contributed by atoms with van der Waals surface area (Å²) in [5.41, 5.74) is 0.533. The largest absolute Gasteiger partial charge is 0.444 e. The van der Waals surface area contributed by atoms with Gasteiger partial charge in [0.25, 0.3) is 0 Å². The number of rotatable bonds is 5. The molecule has 0 saturated carbocycles. The smallest absolute Gasteiger partial charge is 0.410 e. The molecule has 0 aliphatic carbocycles. The van der Waals surface area contributed by atoms with Crippen LogP contribution in [-0.2, 0) is 4.74 Å². The van der Waals surface area contributed by atoms with E-state index < -0.39 is 12.2 Å². The van der Waals surface area contributed by atoms with E-state index in [1.54, 1.807) is 17.0 Å². The summed E-state index contributed by atoms with van der Waals surface area (Å²) >= 11 is 0. The van der Waals surface area contributed by atoms with Gasteiger partial charge in [-0.15, -0.1) is 0 Å². The third-order valence-corrected chi connectivity index (χ3v) is 4.76. The molecule has 1 saturated heterocycles. The molecule has 1 heterocycles. The molecule has 1 aromatic carbocycles. The Bertz CT molecular complexity index is 644. The maximum atomic E-state index is 12.4. The molecule has 0 bridgehead atoms. The number of alkyl halides is 2. The fourth-order valence-electron chi connectivity index (χ4n) is 3.69. The maximum absolute atomic E-state index is 12.4. The lowest BCUT2D eigenvalue weighted by atomic mass is 9.93. The molecule has 1 fully saturated rings. The van der Waals surface area contributed by atoms with Gasteiger partial charge in [-0.1, -0.05) is 26.0 Å². The molecule has 0 N–H and O–H groups in total. The van der Waals surface area contributed by atoms with Crippen molar-refractivity contribution in [3.8, 4) is 5.75 Å². The molecular formula is C21H32F2N2O3. The molecule has 1 aromatic rings. The number of ether oxygens (including phenoxy) is 2. The van der Waals surface area contributed by atoms with E-state index in [2.05, 4.69) is 23.5 Å². The first-order valence-corrected chi connectivity index (χ1v) is 9.76. The fourth-order valence-corrected chi connectivity index (χ4v) is 3.69. The molecule has 1 aliphatic heterocycles. The van der Waals surface area contributed by atoms with Gasteiger partial charge in [-0.2, -0.15) is 8.78 Å². The lowest BCUT2D eigenvalue weighted by molar-refractivity contribution is -0.0499. The van der Waals surface area contributed by atoms with E-state index in [4.69, 9.17) is 4.74 Å². The van der Waals surface area contributed by atoms with Crippen LogP contribution in [-0.4, -0.2) is 53.8 Å². The van der Waals surface area contributed by atoms with Crippen LogP contribution in [0.15, 0.2) is 24.3 Å². The Kier molecular flexibility index (Phi) is 7.26. The highest BCUT2D eigenvalue weighted by Gasteiger charge is 2.34. The highest BCUT2D eigenvalue weighted by atomic mass is 19.3. The minimum absolute atomic E-state index is 0.0197. The predicted molar refractivity (Wildman–Crippen MR) is 105 cm³/mol. The number of nitrogens with zero attached hydrogens (tertiary/aromatic N) is 2. The Morgan fingerprint density at radius 1 is 1.14 bits per heavy atom. The van der Waals surface area contributed by atoms with Gasteiger partial charge in [0.1, 0.15) is 11.4 Å². The predicted octanol–water partition coefficient (Wildman–Crippen LogP) is 4.93. The van der Waals surface area contributed by atoms with Gasteiger partial charge in [-0.3, -0.25) is 4.90 Å². The van der Waals surface area contributed by atoms with Crippen molar-refractivity contribution in [3.05, 3.63) is 29.8 Å². The van der Waals surface area contributed by atoms with Crippen LogP contribution in [0, 0.1) is 5.92 Å². The first-order chi connectivity index (χ1) is 13.0. The summed E-state index contributed by atoms with van der Waals surface area (Å²) in [6, 6.07) is 6.99. The second-order valence-corrected chi connectivity index (χ2v) is 8.65. The lowest BCUT2D eigenvalue weighted by Crippen LogP contribution is -2.56. The van der Waals surface area contributed by atoms with Crippen molar-refractivity contribution in [2.45, 2.75) is 65.8 Å². The summed E-state index contributed by atoms with van der Waals surface area (Å²) in [5, 5.41) is 0. The lowest BCUT2D eigenvalue weighted by Gasteiger charge is -2.44. The topological polar surface area (TPSA) is 42.0 Å². The van der Waals surface area contributed by atoms with E-state index in [1.807, 2.05) is 39.8 Å². The van der Waals surface area contributed by atoms with Crippen LogP contribution in [0.2, 0.25) is 0 Å². The van der Waals surface area contributed by atoms with Crippen LogP contribution in [0.1, 0.15) is 53.1 Å². The standard InChI is InChI=1S/C21H32F2N2O3/c1-14(2)18(16-7-9-17(10-8-16)27-19(22)23)24-11-12-25(15(3)13-24)20(26)28-21(4,5)6/h7-10,14-15,18-19H,11-13H2,1-6H3. The third-order valence-electron chi connectivity index (χ3n) is 4.76. The quantitative estimate of drug-likeness (QED) is 0.706. The van der Waals surface area contributed by atoms with Gasteiger partial charge >= 0.3 is 12.7 Å². The van der Waals surface area contributed by atoms with Crippen molar-refractivity contribution in [2.75, 3.05) is 19.6 Å². The van der Waals surface area contributed by atoms with E-state index in [9.17, 15) is 13.6 Å². The molecule has 5 nitrogen and oxygen atoms in total. The number of amides is 1. The normalized spacial score (nSPS) is 19.8. The number of carbonyl (C=O) groups excluding carboxylic acids is 1. The maximum Gasteiger partial charge on any atom is 0.410 e. The Morgan fingerprint density at radius 3 is 2.21 bits per heavy atom. The van der Waals surface area contributed by atoms with Crippen molar-refractivity contribution in [3.63, 3.8) is 0 Å². The molecule has 2 unspecified atom stereocenters. The number of piperazine rings is 1. The second kappa shape index (κ2) is 9.07. The molecule has 1 aliphatic rings. The Labute approximate surface area is 166 Å². The zero-order valence-corrected chi connectivity index (χ0v) is 17.6. The zero-order valence-electron chi connectivity index (χ0n) is 17.6. The minimum atomic E-state index is -2.83. The third kappa shape index (κ3) is 6.06. The first kappa shape index (κ1) is 22.4. The summed E-state index contributed by atoms with van der Waals surface area (Å²) in [6.45, 7) is 11.1. The van der Waals surface area contributed by atoms with Gasteiger partial charge in [0, 0.05) is 31.7 Å². The monoisotopic (exact) mass is 398 g/mol. The van der Waals surface area contributed by atoms with Gasteiger partial charge in [-0.05, 0) is 51.3 Å². The number of hydrogen-bond donors (Lipinski definition) is 0. The second-order valence-electron chi connectivity index (χ2n) is 8.65. The minimum Gasteiger partial charge on any atom is -0.444 e. The molecule has 0 spiro atoms. The molecule has 158 valence electrons. The molecular weight excluding hydrogens is 366 g/mol. The van der Waals surface area contributed by atoms with Crippen LogP contribution in [0.25, 0.3) is 0 Å². The molecule has 7 heteroatoms. The van der Waals surface area contributed by atoms with Crippen molar-refractivity contribution < 1.29 is 23.0 Å². The molecule has 2 rings (SSSR count). The Hall–Kier alpha value is -1.89. The van der Waals surface area contributed by atoms with Crippen molar-refractivity contribution in [2.24, 2.45) is 5.92 Å². The average Bonchev–Trinajstić information content (AvgIpc) is 2.54. The number of hydrogen-bond acceptors (Lipinski definition) is 4. The Balaban J connectivity index is 2.09. The molecule has 0 aromatic heterocycles. The average molecular weight is 398 g/mol. The van der Waals surface area contributed by atoms with Crippen LogP contribution < -0.4 is 4.74 Å². The van der Waals surface area contributed by atoms with Gasteiger partial charge in [0.15, 0.2) is 0 Å². The van der Waals surface area contributed by atoms with E-state index in [1.165, 1.54) is 0 Å². The van der Waals surface area contributed by atoms with E-state index in [0.717, 1.165) is 18.7 Å². The van der Waals surface area contributed by atoms with Crippen LogP contribution in [0.3, 0.4) is 0 Å². The first-order valence-electron chi connectivity index (χ1n) is 9.76. The summed E-state index contributed by atoms with van der Waals surface area (Å²) in [5.74, 6) is 0.478. The summed E-state index contributed by atoms with van der Waals surface area (Å²) in [7, 11) is 0. The van der Waals surface area contributed by atoms with Crippen molar-refractivity contribution >= 4 is 6.09 Å². The van der Waals surface area contributed by atoms with Crippen LogP contribution >= 0.6 is 0 Å². The van der Waals surface area contributed by atoms with E-state index in [-0.39, 0.29) is 23.9 Å². The summed E-state index contributed by atoms with van der Waals surface area (Å²) in [6.07, 6.45) is -0.283. The molecule has 0 radical (unpaired) electrons. The van der Waals surface area contributed by atoms with E-state index >= 15 is 0 Å². The van der Waals surface area contributed by atoms with E-state index in [0.29, 0.717) is 12.5 Å². The van der Waals surface area contributed by atoms with Gasteiger partial charge in [0.2, 0.25) is 0 Å². The SMILES string of the molecule is CC(C)C(c1ccc(OC(F)F)cc1)N1CCN(C(=O)OC(C)(C)C)C(C)C1. The summed E-state index contributed by atoms with van der Waals surface area (Å²) in [4.78, 5) is 16.6. The number of benzene rings is 1. The fraction of sp³-hybridized carbons (Fsp3) is 0.667. The van der Waals surface area contributed by atoms with Crippen molar-refractivity contribution in [1.29, 1.82) is 0 Å². The number of carbonyl (C=O) groups is 1. The van der Waals surface area contributed by atoms with Gasteiger partial charge in [0.05, 0.1) is 0 Å². The highest BCUT2D eigenvalue weighted by Crippen LogP contribution is 2.32. The highest BCUT2D eigenvalue weighted by molar-refractivity contribution is 5.68. The van der Waals surface area contributed by atoms with Gasteiger partial charge in [-0.25, -0.2) is 4.79 Å². The van der Waals surface area contributed by atoms with Crippen LogP contribution in [0.4, 0.5) is 13.6 Å². The van der Waals surface area contributed by atoms with Crippen molar-refractivity contribution in [1.82, 2.24) is 9.80 Å². The molecule has 2 atom stereocenters. The molecule has 28 heavy (non-hydrogen) atoms. The Morgan fingerprint density at radius 2 is 1.75 bits per heavy atom. The van der Waals surface area contributed by atoms with Crippen LogP contribution in [0.5, 0.6) is 5.75 Å².